The lowest BCUT2D eigenvalue weighted by Gasteiger charge is -2.06. The Labute approximate surface area is 116 Å². The highest BCUT2D eigenvalue weighted by molar-refractivity contribution is 5.94. The number of amides is 1. The zero-order chi connectivity index (χ0) is 14.2. The van der Waals surface area contributed by atoms with Crippen molar-refractivity contribution in [1.82, 2.24) is 25.9 Å². The van der Waals surface area contributed by atoms with Crippen LogP contribution in [-0.2, 0) is 6.54 Å². The molecule has 106 valence electrons. The van der Waals surface area contributed by atoms with Crippen molar-refractivity contribution in [3.8, 4) is 5.75 Å². The Bertz CT molecular complexity index is 524. The average molecular weight is 275 g/mol. The van der Waals surface area contributed by atoms with Crippen LogP contribution in [0.4, 0.5) is 0 Å². The molecule has 2 rings (SSSR count). The Morgan fingerprint density at radius 1 is 1.35 bits per heavy atom. The number of hydrogen-bond donors (Lipinski definition) is 2. The Kier molecular flexibility index (Phi) is 5.05. The van der Waals surface area contributed by atoms with Gasteiger partial charge in [0.2, 0.25) is 0 Å². The number of H-pyrrole nitrogens is 1. The highest BCUT2D eigenvalue weighted by Crippen LogP contribution is 2.12. The van der Waals surface area contributed by atoms with E-state index in [1.54, 1.807) is 24.3 Å². The van der Waals surface area contributed by atoms with Crippen molar-refractivity contribution in [2.24, 2.45) is 0 Å². The minimum Gasteiger partial charge on any atom is -0.494 e. The van der Waals surface area contributed by atoms with Crippen molar-refractivity contribution in [1.29, 1.82) is 0 Å². The third-order valence-corrected chi connectivity index (χ3v) is 2.68. The van der Waals surface area contributed by atoms with Crippen molar-refractivity contribution in [2.45, 2.75) is 26.3 Å². The number of carbonyl (C=O) groups excluding carboxylic acids is 1. The summed E-state index contributed by atoms with van der Waals surface area (Å²) in [5, 5.41) is 16.0. The lowest BCUT2D eigenvalue weighted by atomic mass is 10.2. The van der Waals surface area contributed by atoms with Crippen LogP contribution < -0.4 is 10.1 Å². The third-order valence-electron chi connectivity index (χ3n) is 2.68. The second-order valence-electron chi connectivity index (χ2n) is 4.24. The zero-order valence-corrected chi connectivity index (χ0v) is 11.3. The van der Waals surface area contributed by atoms with Gasteiger partial charge < -0.3 is 10.1 Å². The van der Waals surface area contributed by atoms with E-state index in [9.17, 15) is 4.79 Å². The number of tetrazole rings is 1. The van der Waals surface area contributed by atoms with Gasteiger partial charge in [-0.1, -0.05) is 18.6 Å². The maximum atomic E-state index is 11.9. The minimum atomic E-state index is -0.185. The number of benzene rings is 1. The van der Waals surface area contributed by atoms with Crippen LogP contribution >= 0.6 is 0 Å². The summed E-state index contributed by atoms with van der Waals surface area (Å²) < 4.78 is 5.54. The molecule has 2 N–H and O–H groups in total. The second kappa shape index (κ2) is 7.22. The van der Waals surface area contributed by atoms with E-state index in [2.05, 4.69) is 32.9 Å². The summed E-state index contributed by atoms with van der Waals surface area (Å²) in [6.07, 6.45) is 2.11. The van der Waals surface area contributed by atoms with Gasteiger partial charge in [0.05, 0.1) is 13.2 Å². The Hall–Kier alpha value is -2.44. The normalized spacial score (nSPS) is 10.2. The number of carbonyl (C=O) groups is 1. The lowest BCUT2D eigenvalue weighted by Crippen LogP contribution is -2.23. The van der Waals surface area contributed by atoms with Crippen molar-refractivity contribution >= 4 is 5.91 Å². The molecule has 0 aliphatic heterocycles. The largest absolute Gasteiger partial charge is 0.494 e. The fourth-order valence-electron chi connectivity index (χ4n) is 1.56. The van der Waals surface area contributed by atoms with E-state index in [4.69, 9.17) is 4.74 Å². The third kappa shape index (κ3) is 4.04. The molecule has 0 saturated heterocycles. The fourth-order valence-corrected chi connectivity index (χ4v) is 1.56. The first-order valence-electron chi connectivity index (χ1n) is 6.53. The maximum absolute atomic E-state index is 11.9. The van der Waals surface area contributed by atoms with Crippen LogP contribution in [0, 0.1) is 0 Å². The SMILES string of the molecule is CCCCOc1ccc(C(=O)NCc2nn[nH]n2)cc1. The van der Waals surface area contributed by atoms with E-state index < -0.39 is 0 Å². The van der Waals surface area contributed by atoms with Crippen LogP contribution in [0.5, 0.6) is 5.75 Å². The predicted octanol–water partition coefficient (Wildman–Crippen LogP) is 1.31. The molecule has 0 spiro atoms. The lowest BCUT2D eigenvalue weighted by molar-refractivity contribution is 0.0950. The van der Waals surface area contributed by atoms with Gasteiger partial charge in [-0.2, -0.15) is 5.21 Å². The number of hydrogen-bond acceptors (Lipinski definition) is 5. The summed E-state index contributed by atoms with van der Waals surface area (Å²) in [5.41, 5.74) is 0.566. The smallest absolute Gasteiger partial charge is 0.251 e. The minimum absolute atomic E-state index is 0.185. The Balaban J connectivity index is 1.84. The zero-order valence-electron chi connectivity index (χ0n) is 11.3. The molecular weight excluding hydrogens is 258 g/mol. The molecule has 0 atom stereocenters. The van der Waals surface area contributed by atoms with Gasteiger partial charge in [-0.25, -0.2) is 0 Å². The summed E-state index contributed by atoms with van der Waals surface area (Å²) in [7, 11) is 0. The molecule has 7 heteroatoms. The fraction of sp³-hybridized carbons (Fsp3) is 0.385. The van der Waals surface area contributed by atoms with Gasteiger partial charge in [-0.15, -0.1) is 10.2 Å². The average Bonchev–Trinajstić information content (AvgIpc) is 2.99. The first-order valence-corrected chi connectivity index (χ1v) is 6.53. The number of rotatable bonds is 7. The number of nitrogens with zero attached hydrogens (tertiary/aromatic N) is 3. The molecule has 0 bridgehead atoms. The summed E-state index contributed by atoms with van der Waals surface area (Å²) in [5.74, 6) is 1.03. The summed E-state index contributed by atoms with van der Waals surface area (Å²) in [6.45, 7) is 3.05. The molecule has 1 aromatic heterocycles. The van der Waals surface area contributed by atoms with Crippen LogP contribution in [0.3, 0.4) is 0 Å². The van der Waals surface area contributed by atoms with E-state index in [0.717, 1.165) is 18.6 Å². The molecule has 20 heavy (non-hydrogen) atoms. The van der Waals surface area contributed by atoms with Gasteiger partial charge in [-0.05, 0) is 30.7 Å². The molecule has 0 fully saturated rings. The van der Waals surface area contributed by atoms with E-state index in [1.165, 1.54) is 0 Å². The monoisotopic (exact) mass is 275 g/mol. The van der Waals surface area contributed by atoms with Crippen LogP contribution in [0.15, 0.2) is 24.3 Å². The summed E-state index contributed by atoms with van der Waals surface area (Å²) >= 11 is 0. The highest BCUT2D eigenvalue weighted by Gasteiger charge is 2.07. The molecule has 0 radical (unpaired) electrons. The summed E-state index contributed by atoms with van der Waals surface area (Å²) in [4.78, 5) is 11.9. The molecule has 2 aromatic rings. The molecule has 1 heterocycles. The molecule has 7 nitrogen and oxygen atoms in total. The van der Waals surface area contributed by atoms with Gasteiger partial charge in [0.1, 0.15) is 5.75 Å². The first kappa shape index (κ1) is 14.0. The molecular formula is C13H17N5O2. The quantitative estimate of drug-likeness (QED) is 0.743. The van der Waals surface area contributed by atoms with Crippen molar-refractivity contribution in [2.75, 3.05) is 6.61 Å². The number of ether oxygens (including phenoxy) is 1. The standard InChI is InChI=1S/C13H17N5O2/c1-2-3-8-20-11-6-4-10(5-7-11)13(19)14-9-12-15-17-18-16-12/h4-7H,2-3,8-9H2,1H3,(H,14,19)(H,15,16,17,18). The predicted molar refractivity (Wildman–Crippen MR) is 72.2 cm³/mol. The number of aromatic nitrogens is 4. The number of aromatic amines is 1. The van der Waals surface area contributed by atoms with Gasteiger partial charge in [0, 0.05) is 5.56 Å². The van der Waals surface area contributed by atoms with Crippen molar-refractivity contribution in [3.05, 3.63) is 35.7 Å². The Morgan fingerprint density at radius 3 is 2.80 bits per heavy atom. The second-order valence-corrected chi connectivity index (χ2v) is 4.24. The van der Waals surface area contributed by atoms with E-state index in [1.807, 2.05) is 0 Å². The van der Waals surface area contributed by atoms with Gasteiger partial charge in [0.25, 0.3) is 5.91 Å². The van der Waals surface area contributed by atoms with Crippen LogP contribution in [0.25, 0.3) is 0 Å². The summed E-state index contributed by atoms with van der Waals surface area (Å²) in [6, 6.07) is 7.04. The van der Waals surface area contributed by atoms with Gasteiger partial charge in [0.15, 0.2) is 5.82 Å². The first-order chi connectivity index (χ1) is 9.79. The topological polar surface area (TPSA) is 92.8 Å². The highest BCUT2D eigenvalue weighted by atomic mass is 16.5. The number of unbranched alkanes of at least 4 members (excludes halogenated alkanes) is 1. The molecule has 0 aliphatic rings. The van der Waals surface area contributed by atoms with E-state index in [-0.39, 0.29) is 12.5 Å². The molecule has 0 unspecified atom stereocenters. The van der Waals surface area contributed by atoms with E-state index in [0.29, 0.717) is 18.0 Å². The van der Waals surface area contributed by atoms with Gasteiger partial charge >= 0.3 is 0 Å². The molecule has 0 saturated carbocycles. The molecule has 0 aliphatic carbocycles. The van der Waals surface area contributed by atoms with Crippen LogP contribution in [-0.4, -0.2) is 33.1 Å². The maximum Gasteiger partial charge on any atom is 0.251 e. The van der Waals surface area contributed by atoms with Crippen LogP contribution in [0.1, 0.15) is 35.9 Å². The number of nitrogens with one attached hydrogen (secondary N) is 2. The molecule has 1 amide bonds. The van der Waals surface area contributed by atoms with Crippen LogP contribution in [0.2, 0.25) is 0 Å². The molecule has 1 aromatic carbocycles. The van der Waals surface area contributed by atoms with Gasteiger partial charge in [-0.3, -0.25) is 4.79 Å². The Morgan fingerprint density at radius 2 is 2.15 bits per heavy atom. The van der Waals surface area contributed by atoms with Crippen molar-refractivity contribution in [3.63, 3.8) is 0 Å². The van der Waals surface area contributed by atoms with E-state index >= 15 is 0 Å². The van der Waals surface area contributed by atoms with Crippen molar-refractivity contribution < 1.29 is 9.53 Å².